The summed E-state index contributed by atoms with van der Waals surface area (Å²) in [5.41, 5.74) is 5.64. The predicted octanol–water partition coefficient (Wildman–Crippen LogP) is -0.242. The van der Waals surface area contributed by atoms with Crippen LogP contribution in [0.25, 0.3) is 0 Å². The first kappa shape index (κ1) is 13.3. The molecule has 2 atom stereocenters. The fraction of sp³-hybridized carbons (Fsp3) is 0.364. The maximum Gasteiger partial charge on any atom is 0.312 e. The van der Waals surface area contributed by atoms with E-state index >= 15 is 0 Å². The molecule has 0 aliphatic carbocycles. The number of ether oxygens (including phenoxy) is 1. The molecule has 0 spiro atoms. The van der Waals surface area contributed by atoms with Crippen LogP contribution in [0.1, 0.15) is 11.6 Å². The standard InChI is InChI=1S/C11H16N2O4/c1-17-8-4-2-7(3-5-8)10(9(15)6-14)13-11(12)16/h2-5,9-10,14-15H,6H2,1H3,(H3,12,13,16)/t9-,10+/m0/s1. The number of hydrogen-bond acceptors (Lipinski definition) is 4. The Labute approximate surface area is 99.0 Å². The molecule has 0 saturated carbocycles. The highest BCUT2D eigenvalue weighted by atomic mass is 16.5. The van der Waals surface area contributed by atoms with Crippen LogP contribution in [0.3, 0.4) is 0 Å². The first-order chi connectivity index (χ1) is 8.08. The molecular weight excluding hydrogens is 224 g/mol. The first-order valence-corrected chi connectivity index (χ1v) is 5.07. The van der Waals surface area contributed by atoms with E-state index in [4.69, 9.17) is 15.6 Å². The number of aliphatic hydroxyl groups excluding tert-OH is 2. The summed E-state index contributed by atoms with van der Waals surface area (Å²) < 4.78 is 4.99. The molecular formula is C11H16N2O4. The van der Waals surface area contributed by atoms with Crippen molar-refractivity contribution in [2.24, 2.45) is 5.73 Å². The van der Waals surface area contributed by atoms with Gasteiger partial charge in [-0.3, -0.25) is 0 Å². The quantitative estimate of drug-likeness (QED) is 0.570. The Kier molecular flexibility index (Phi) is 4.74. The summed E-state index contributed by atoms with van der Waals surface area (Å²) in [6, 6.07) is 5.22. The molecule has 0 radical (unpaired) electrons. The van der Waals surface area contributed by atoms with Gasteiger partial charge in [-0.1, -0.05) is 12.1 Å². The van der Waals surface area contributed by atoms with Crippen LogP contribution in [0.5, 0.6) is 5.75 Å². The average molecular weight is 240 g/mol. The minimum atomic E-state index is -1.11. The van der Waals surface area contributed by atoms with Gasteiger partial charge in [0.2, 0.25) is 0 Å². The van der Waals surface area contributed by atoms with Crippen LogP contribution in [0, 0.1) is 0 Å². The van der Waals surface area contributed by atoms with Crippen molar-refractivity contribution in [3.05, 3.63) is 29.8 Å². The van der Waals surface area contributed by atoms with E-state index in [2.05, 4.69) is 5.32 Å². The average Bonchev–Trinajstić information content (AvgIpc) is 2.35. The minimum absolute atomic E-state index is 0.475. The molecule has 0 aliphatic heterocycles. The summed E-state index contributed by atoms with van der Waals surface area (Å²) >= 11 is 0. The number of nitrogens with one attached hydrogen (secondary N) is 1. The molecule has 1 rings (SSSR count). The van der Waals surface area contributed by atoms with Crippen molar-refractivity contribution in [2.75, 3.05) is 13.7 Å². The SMILES string of the molecule is COc1ccc([C@@H](NC(N)=O)[C@@H](O)CO)cc1. The summed E-state index contributed by atoms with van der Waals surface area (Å²) in [5.74, 6) is 0.657. The highest BCUT2D eigenvalue weighted by Gasteiger charge is 2.21. The third-order valence-electron chi connectivity index (χ3n) is 2.34. The van der Waals surface area contributed by atoms with Crippen LogP contribution in [0.4, 0.5) is 4.79 Å². The lowest BCUT2D eigenvalue weighted by atomic mass is 10.0. The van der Waals surface area contributed by atoms with E-state index in [0.29, 0.717) is 11.3 Å². The van der Waals surface area contributed by atoms with Gasteiger partial charge in [0.25, 0.3) is 0 Å². The number of carbonyl (C=O) groups excluding carboxylic acids is 1. The Morgan fingerprint density at radius 1 is 1.47 bits per heavy atom. The largest absolute Gasteiger partial charge is 0.497 e. The number of primary amides is 1. The summed E-state index contributed by atoms with van der Waals surface area (Å²) in [6.45, 7) is -0.475. The molecule has 1 aromatic rings. The fourth-order valence-electron chi connectivity index (χ4n) is 1.47. The second kappa shape index (κ2) is 6.07. The summed E-state index contributed by atoms with van der Waals surface area (Å²) in [5, 5.41) is 20.9. The Morgan fingerprint density at radius 2 is 2.06 bits per heavy atom. The van der Waals surface area contributed by atoms with E-state index in [-0.39, 0.29) is 0 Å². The van der Waals surface area contributed by atoms with Crippen molar-refractivity contribution in [1.82, 2.24) is 5.32 Å². The molecule has 2 amide bonds. The van der Waals surface area contributed by atoms with Crippen LogP contribution in [-0.2, 0) is 0 Å². The number of aliphatic hydroxyl groups is 2. The smallest absolute Gasteiger partial charge is 0.312 e. The van der Waals surface area contributed by atoms with Crippen molar-refractivity contribution in [2.45, 2.75) is 12.1 Å². The Hall–Kier alpha value is -1.79. The fourth-order valence-corrected chi connectivity index (χ4v) is 1.47. The zero-order valence-corrected chi connectivity index (χ0v) is 9.46. The minimum Gasteiger partial charge on any atom is -0.497 e. The maximum atomic E-state index is 10.8. The van der Waals surface area contributed by atoms with Gasteiger partial charge in [-0.2, -0.15) is 0 Å². The van der Waals surface area contributed by atoms with E-state index in [9.17, 15) is 9.90 Å². The lowest BCUT2D eigenvalue weighted by molar-refractivity contribution is 0.0657. The number of carbonyl (C=O) groups is 1. The molecule has 0 fully saturated rings. The van der Waals surface area contributed by atoms with E-state index in [1.165, 1.54) is 7.11 Å². The van der Waals surface area contributed by atoms with Crippen LogP contribution in [-0.4, -0.2) is 36.1 Å². The van der Waals surface area contributed by atoms with Crippen molar-refractivity contribution >= 4 is 6.03 Å². The van der Waals surface area contributed by atoms with Gasteiger partial charge in [-0.05, 0) is 17.7 Å². The van der Waals surface area contributed by atoms with Crippen molar-refractivity contribution in [1.29, 1.82) is 0 Å². The number of rotatable bonds is 5. The van der Waals surface area contributed by atoms with Crippen LogP contribution in [0.2, 0.25) is 0 Å². The van der Waals surface area contributed by atoms with Crippen molar-refractivity contribution < 1.29 is 19.7 Å². The topological polar surface area (TPSA) is 105 Å². The number of urea groups is 1. The lowest BCUT2D eigenvalue weighted by Crippen LogP contribution is -2.40. The zero-order valence-electron chi connectivity index (χ0n) is 9.46. The van der Waals surface area contributed by atoms with E-state index in [1.54, 1.807) is 24.3 Å². The highest BCUT2D eigenvalue weighted by Crippen LogP contribution is 2.20. The van der Waals surface area contributed by atoms with Gasteiger partial charge in [0.15, 0.2) is 0 Å². The van der Waals surface area contributed by atoms with Gasteiger partial charge in [0, 0.05) is 0 Å². The Balaban J connectivity index is 2.91. The number of benzene rings is 1. The molecule has 0 aromatic heterocycles. The van der Waals surface area contributed by atoms with Crippen LogP contribution < -0.4 is 15.8 Å². The molecule has 6 nitrogen and oxygen atoms in total. The Bertz CT molecular complexity index is 366. The van der Waals surface area contributed by atoms with Crippen LogP contribution in [0.15, 0.2) is 24.3 Å². The summed E-state index contributed by atoms with van der Waals surface area (Å²) in [7, 11) is 1.54. The first-order valence-electron chi connectivity index (χ1n) is 5.07. The molecule has 94 valence electrons. The molecule has 0 aliphatic rings. The van der Waals surface area contributed by atoms with Gasteiger partial charge >= 0.3 is 6.03 Å². The van der Waals surface area contributed by atoms with Crippen molar-refractivity contribution in [3.8, 4) is 5.75 Å². The monoisotopic (exact) mass is 240 g/mol. The zero-order chi connectivity index (χ0) is 12.8. The van der Waals surface area contributed by atoms with Gasteiger partial charge in [0.1, 0.15) is 11.9 Å². The van der Waals surface area contributed by atoms with E-state index in [1.807, 2.05) is 0 Å². The number of methoxy groups -OCH3 is 1. The molecule has 6 heteroatoms. The second-order valence-electron chi connectivity index (χ2n) is 3.51. The maximum absolute atomic E-state index is 10.8. The van der Waals surface area contributed by atoms with Crippen LogP contribution >= 0.6 is 0 Å². The molecule has 1 aromatic carbocycles. The molecule has 0 saturated heterocycles. The third-order valence-corrected chi connectivity index (χ3v) is 2.34. The molecule has 17 heavy (non-hydrogen) atoms. The number of hydrogen-bond donors (Lipinski definition) is 4. The van der Waals surface area contributed by atoms with Gasteiger partial charge in [0.05, 0.1) is 19.8 Å². The van der Waals surface area contributed by atoms with E-state index in [0.717, 1.165) is 0 Å². The van der Waals surface area contributed by atoms with E-state index < -0.39 is 24.8 Å². The molecule has 0 bridgehead atoms. The van der Waals surface area contributed by atoms with Gasteiger partial charge in [-0.25, -0.2) is 4.79 Å². The molecule has 0 unspecified atom stereocenters. The number of nitrogens with two attached hydrogens (primary N) is 1. The highest BCUT2D eigenvalue weighted by molar-refractivity contribution is 5.72. The lowest BCUT2D eigenvalue weighted by Gasteiger charge is -2.22. The summed E-state index contributed by atoms with van der Waals surface area (Å²) in [4.78, 5) is 10.8. The molecule has 5 N–H and O–H groups in total. The van der Waals surface area contributed by atoms with Crippen molar-refractivity contribution in [3.63, 3.8) is 0 Å². The third kappa shape index (κ3) is 3.61. The Morgan fingerprint density at radius 3 is 2.47 bits per heavy atom. The normalized spacial score (nSPS) is 13.8. The summed E-state index contributed by atoms with van der Waals surface area (Å²) in [6.07, 6.45) is -1.11. The van der Waals surface area contributed by atoms with Gasteiger partial charge < -0.3 is 26.0 Å². The predicted molar refractivity (Wildman–Crippen MR) is 61.5 cm³/mol. The van der Waals surface area contributed by atoms with Gasteiger partial charge in [-0.15, -0.1) is 0 Å². The molecule has 0 heterocycles. The second-order valence-corrected chi connectivity index (χ2v) is 3.51. The number of amides is 2.